The van der Waals surface area contributed by atoms with Gasteiger partial charge in [0.1, 0.15) is 11.6 Å². The maximum atomic E-state index is 13.2. The molecular weight excluding hydrogens is 362 g/mol. The van der Waals surface area contributed by atoms with E-state index in [4.69, 9.17) is 4.74 Å². The van der Waals surface area contributed by atoms with E-state index >= 15 is 0 Å². The van der Waals surface area contributed by atoms with Gasteiger partial charge in [-0.2, -0.15) is 4.31 Å². The molecule has 1 unspecified atom stereocenters. The molecule has 1 fully saturated rings. The van der Waals surface area contributed by atoms with Crippen molar-refractivity contribution in [2.75, 3.05) is 0 Å². The number of nitrogens with zero attached hydrogens (tertiary/aromatic N) is 1. The molecule has 0 aromatic heterocycles. The molecular formula is C21H25NO4S. The maximum Gasteiger partial charge on any atom is 0.327 e. The van der Waals surface area contributed by atoms with Crippen molar-refractivity contribution >= 4 is 16.0 Å². The lowest BCUT2D eigenvalue weighted by molar-refractivity contribution is -0.154. The lowest BCUT2D eigenvalue weighted by Gasteiger charge is -2.19. The zero-order chi connectivity index (χ0) is 20.0. The average Bonchev–Trinajstić information content (AvgIpc) is 3.30. The summed E-state index contributed by atoms with van der Waals surface area (Å²) < 4.78 is 33.1. The van der Waals surface area contributed by atoms with Gasteiger partial charge in [-0.1, -0.05) is 47.5 Å². The Morgan fingerprint density at radius 1 is 1.00 bits per heavy atom. The molecule has 0 N–H and O–H groups in total. The normalized spacial score (nSPS) is 22.3. The van der Waals surface area contributed by atoms with Gasteiger partial charge in [0, 0.05) is 0 Å². The van der Waals surface area contributed by atoms with E-state index in [1.165, 1.54) is 4.31 Å². The highest BCUT2D eigenvalue weighted by atomic mass is 32.2. The van der Waals surface area contributed by atoms with Gasteiger partial charge in [0.2, 0.25) is 10.0 Å². The molecule has 144 valence electrons. The quantitative estimate of drug-likeness (QED) is 0.592. The van der Waals surface area contributed by atoms with Crippen molar-refractivity contribution < 1.29 is 17.9 Å². The Kier molecular flexibility index (Phi) is 4.91. The molecule has 1 aliphatic heterocycles. The molecule has 3 atom stereocenters. The molecule has 0 spiro atoms. The van der Waals surface area contributed by atoms with E-state index in [-0.39, 0.29) is 4.90 Å². The van der Waals surface area contributed by atoms with Crippen LogP contribution in [0.3, 0.4) is 0 Å². The molecule has 2 aromatic rings. The summed E-state index contributed by atoms with van der Waals surface area (Å²) in [6.45, 7) is 9.15. The molecule has 0 aliphatic carbocycles. The van der Waals surface area contributed by atoms with Crippen molar-refractivity contribution in [3.05, 3.63) is 65.2 Å². The highest BCUT2D eigenvalue weighted by Crippen LogP contribution is 2.48. The van der Waals surface area contributed by atoms with Crippen LogP contribution in [-0.2, 0) is 19.6 Å². The molecule has 0 amide bonds. The van der Waals surface area contributed by atoms with E-state index in [0.717, 1.165) is 16.7 Å². The molecule has 6 heteroatoms. The molecule has 1 heterocycles. The minimum absolute atomic E-state index is 0.178. The second kappa shape index (κ2) is 6.77. The molecule has 27 heavy (non-hydrogen) atoms. The zero-order valence-electron chi connectivity index (χ0n) is 16.3. The third-order valence-corrected chi connectivity index (χ3v) is 6.26. The molecule has 0 saturated carbocycles. The summed E-state index contributed by atoms with van der Waals surface area (Å²) in [4.78, 5) is 12.9. The van der Waals surface area contributed by atoms with Gasteiger partial charge in [0.05, 0.1) is 10.9 Å². The fraction of sp³-hybridized carbons (Fsp3) is 0.381. The largest absolute Gasteiger partial charge is 0.459 e. The van der Waals surface area contributed by atoms with Crippen LogP contribution in [0.2, 0.25) is 0 Å². The summed E-state index contributed by atoms with van der Waals surface area (Å²) in [5.41, 5.74) is 2.09. The molecule has 0 bridgehead atoms. The van der Waals surface area contributed by atoms with Crippen molar-refractivity contribution in [2.45, 2.75) is 57.2 Å². The first-order chi connectivity index (χ1) is 12.5. The Hall–Kier alpha value is -2.18. The lowest BCUT2D eigenvalue weighted by Crippen LogP contribution is -2.29. The number of esters is 1. The van der Waals surface area contributed by atoms with Gasteiger partial charge in [0.15, 0.2) is 0 Å². The first kappa shape index (κ1) is 19.6. The van der Waals surface area contributed by atoms with Crippen LogP contribution in [0.4, 0.5) is 0 Å². The highest BCUT2D eigenvalue weighted by molar-refractivity contribution is 7.89. The molecule has 3 rings (SSSR count). The van der Waals surface area contributed by atoms with Gasteiger partial charge in [-0.15, -0.1) is 0 Å². The summed E-state index contributed by atoms with van der Waals surface area (Å²) >= 11 is 0. The third kappa shape index (κ3) is 4.06. The summed E-state index contributed by atoms with van der Waals surface area (Å²) in [5.74, 6) is -0.523. The second-order valence-corrected chi connectivity index (χ2v) is 9.83. The fourth-order valence-electron chi connectivity index (χ4n) is 3.12. The zero-order valence-corrected chi connectivity index (χ0v) is 17.1. The van der Waals surface area contributed by atoms with Gasteiger partial charge < -0.3 is 4.74 Å². The number of aryl methyl sites for hydroxylation is 2. The number of carbonyl (C=O) groups excluding carboxylic acids is 1. The summed E-state index contributed by atoms with van der Waals surface area (Å²) in [5, 5.41) is 0. The van der Waals surface area contributed by atoms with Crippen LogP contribution in [0.5, 0.6) is 0 Å². The topological polar surface area (TPSA) is 63.5 Å². The molecule has 0 radical (unpaired) electrons. The standard InChI is InChI=1S/C21H25NO4S/c1-14-9-11-17(12-10-14)27(24,25)22-18(16-8-6-7-15(2)13-16)19(22)20(23)26-21(3,4)5/h6-13,18-19H,1-5H3/t18-,19+,22?/m1/s1. The van der Waals surface area contributed by atoms with Crippen molar-refractivity contribution in [3.8, 4) is 0 Å². The van der Waals surface area contributed by atoms with E-state index in [2.05, 4.69) is 0 Å². The fourth-order valence-corrected chi connectivity index (χ4v) is 4.83. The first-order valence-corrected chi connectivity index (χ1v) is 10.3. The summed E-state index contributed by atoms with van der Waals surface area (Å²) in [6, 6.07) is 12.8. The van der Waals surface area contributed by atoms with E-state index in [9.17, 15) is 13.2 Å². The monoisotopic (exact) mass is 387 g/mol. The van der Waals surface area contributed by atoms with Crippen LogP contribution in [-0.4, -0.2) is 30.3 Å². The van der Waals surface area contributed by atoms with Crippen LogP contribution in [0.25, 0.3) is 0 Å². The van der Waals surface area contributed by atoms with Gasteiger partial charge >= 0.3 is 5.97 Å². The van der Waals surface area contributed by atoms with Crippen molar-refractivity contribution in [1.82, 2.24) is 4.31 Å². The third-order valence-electron chi connectivity index (χ3n) is 4.39. The van der Waals surface area contributed by atoms with E-state index in [1.807, 2.05) is 38.1 Å². The highest BCUT2D eigenvalue weighted by Gasteiger charge is 2.61. The lowest BCUT2D eigenvalue weighted by atomic mass is 10.1. The number of rotatable bonds is 4. The molecule has 2 aromatic carbocycles. The second-order valence-electron chi connectivity index (χ2n) is 7.99. The van der Waals surface area contributed by atoms with Crippen LogP contribution >= 0.6 is 0 Å². The van der Waals surface area contributed by atoms with E-state index in [0.29, 0.717) is 0 Å². The van der Waals surface area contributed by atoms with Crippen molar-refractivity contribution in [2.24, 2.45) is 0 Å². The SMILES string of the molecule is Cc1ccc(S(=O)(=O)N2[C@H](C(=O)OC(C)(C)C)[C@H]2c2cccc(C)c2)cc1. The number of benzene rings is 2. The first-order valence-electron chi connectivity index (χ1n) is 8.90. The van der Waals surface area contributed by atoms with Gasteiger partial charge in [0.25, 0.3) is 0 Å². The maximum absolute atomic E-state index is 13.2. The van der Waals surface area contributed by atoms with Crippen LogP contribution in [0.15, 0.2) is 53.4 Å². The van der Waals surface area contributed by atoms with Crippen LogP contribution in [0, 0.1) is 13.8 Å². The van der Waals surface area contributed by atoms with Gasteiger partial charge in [-0.05, 0) is 52.3 Å². The number of hydrogen-bond acceptors (Lipinski definition) is 4. The van der Waals surface area contributed by atoms with Gasteiger partial charge in [-0.25, -0.2) is 8.42 Å². The summed E-state index contributed by atoms with van der Waals surface area (Å²) in [6.07, 6.45) is 0. The number of hydrogen-bond donors (Lipinski definition) is 0. The minimum Gasteiger partial charge on any atom is -0.459 e. The Bertz CT molecular complexity index is 958. The smallest absolute Gasteiger partial charge is 0.327 e. The molecule has 1 aliphatic rings. The van der Waals surface area contributed by atoms with Crippen molar-refractivity contribution in [1.29, 1.82) is 0 Å². The van der Waals surface area contributed by atoms with Crippen molar-refractivity contribution in [3.63, 3.8) is 0 Å². The predicted molar refractivity (Wildman–Crippen MR) is 104 cm³/mol. The van der Waals surface area contributed by atoms with E-state index < -0.39 is 33.7 Å². The Morgan fingerprint density at radius 2 is 1.63 bits per heavy atom. The summed E-state index contributed by atoms with van der Waals surface area (Å²) in [7, 11) is -3.81. The molecule has 1 saturated heterocycles. The Morgan fingerprint density at radius 3 is 2.19 bits per heavy atom. The number of ether oxygens (including phenoxy) is 1. The minimum atomic E-state index is -3.81. The Balaban J connectivity index is 1.99. The predicted octanol–water partition coefficient (Wildman–Crippen LogP) is 3.76. The van der Waals surface area contributed by atoms with Crippen LogP contribution in [0.1, 0.15) is 43.5 Å². The van der Waals surface area contributed by atoms with Crippen LogP contribution < -0.4 is 0 Å². The van der Waals surface area contributed by atoms with Gasteiger partial charge in [-0.3, -0.25) is 4.79 Å². The average molecular weight is 388 g/mol. The Labute approximate surface area is 161 Å². The number of sulfonamides is 1. The molecule has 5 nitrogen and oxygen atoms in total. The van der Waals surface area contributed by atoms with E-state index in [1.54, 1.807) is 45.0 Å². The number of carbonyl (C=O) groups is 1.